The Morgan fingerprint density at radius 2 is 1.82 bits per heavy atom. The van der Waals surface area contributed by atoms with Crippen molar-refractivity contribution < 1.29 is 13.2 Å². The van der Waals surface area contributed by atoms with Crippen molar-refractivity contribution >= 4 is 27.7 Å². The van der Waals surface area contributed by atoms with Crippen molar-refractivity contribution in [3.8, 4) is 6.07 Å². The fourth-order valence-corrected chi connectivity index (χ4v) is 5.11. The Balaban J connectivity index is 1.50. The average molecular weight is 417 g/mol. The molecule has 1 aliphatic heterocycles. The maximum Gasteiger partial charge on any atom is 0.243 e. The number of pyridine rings is 1. The lowest BCUT2D eigenvalue weighted by Gasteiger charge is -2.34. The SMILES string of the molecule is N#Cc1ccc(S(=O)(=O)N2CCN(C(=O)CSCc3ccccn3)CC2)cc1. The van der Waals surface area contributed by atoms with Crippen molar-refractivity contribution in [3.63, 3.8) is 0 Å². The molecule has 1 aromatic carbocycles. The number of benzene rings is 1. The van der Waals surface area contributed by atoms with E-state index in [-0.39, 0.29) is 23.9 Å². The minimum Gasteiger partial charge on any atom is -0.339 e. The van der Waals surface area contributed by atoms with Gasteiger partial charge in [0.05, 0.1) is 28.0 Å². The Kier molecular flexibility index (Phi) is 6.67. The zero-order valence-electron chi connectivity index (χ0n) is 15.2. The first kappa shape index (κ1) is 20.3. The van der Waals surface area contributed by atoms with Gasteiger partial charge in [0.1, 0.15) is 0 Å². The smallest absolute Gasteiger partial charge is 0.243 e. The predicted molar refractivity (Wildman–Crippen MR) is 107 cm³/mol. The summed E-state index contributed by atoms with van der Waals surface area (Å²) in [6.45, 7) is 1.27. The number of aromatic nitrogens is 1. The van der Waals surface area contributed by atoms with Crippen LogP contribution in [-0.2, 0) is 20.6 Å². The Morgan fingerprint density at radius 3 is 2.43 bits per heavy atom. The van der Waals surface area contributed by atoms with Crippen molar-refractivity contribution in [2.45, 2.75) is 10.6 Å². The summed E-state index contributed by atoms with van der Waals surface area (Å²) < 4.78 is 26.8. The van der Waals surface area contributed by atoms with Gasteiger partial charge in [0.25, 0.3) is 0 Å². The Labute approximate surface area is 169 Å². The number of thioether (sulfide) groups is 1. The largest absolute Gasteiger partial charge is 0.339 e. The molecule has 2 aromatic rings. The van der Waals surface area contributed by atoms with Crippen molar-refractivity contribution in [1.82, 2.24) is 14.2 Å². The van der Waals surface area contributed by atoms with E-state index in [9.17, 15) is 13.2 Å². The van der Waals surface area contributed by atoms with Crippen LogP contribution < -0.4 is 0 Å². The minimum absolute atomic E-state index is 0.0105. The van der Waals surface area contributed by atoms with E-state index in [1.54, 1.807) is 11.1 Å². The molecule has 0 aliphatic carbocycles. The van der Waals surface area contributed by atoms with Gasteiger partial charge in [-0.2, -0.15) is 9.57 Å². The summed E-state index contributed by atoms with van der Waals surface area (Å²) in [6.07, 6.45) is 1.73. The highest BCUT2D eigenvalue weighted by Crippen LogP contribution is 2.19. The lowest BCUT2D eigenvalue weighted by Crippen LogP contribution is -2.50. The van der Waals surface area contributed by atoms with Crippen LogP contribution >= 0.6 is 11.8 Å². The van der Waals surface area contributed by atoms with Crippen LogP contribution in [0.3, 0.4) is 0 Å². The molecule has 0 bridgehead atoms. The molecule has 1 aliphatic rings. The molecule has 1 aromatic heterocycles. The number of amides is 1. The van der Waals surface area contributed by atoms with Crippen LogP contribution in [0.15, 0.2) is 53.6 Å². The second-order valence-electron chi connectivity index (χ2n) is 6.23. The quantitative estimate of drug-likeness (QED) is 0.712. The van der Waals surface area contributed by atoms with E-state index in [1.165, 1.54) is 40.3 Å². The van der Waals surface area contributed by atoms with E-state index in [0.29, 0.717) is 30.2 Å². The van der Waals surface area contributed by atoms with E-state index in [4.69, 9.17) is 5.26 Å². The highest BCUT2D eigenvalue weighted by Gasteiger charge is 2.29. The molecule has 3 rings (SSSR count). The number of nitrogens with zero attached hydrogens (tertiary/aromatic N) is 4. The molecule has 1 saturated heterocycles. The van der Waals surface area contributed by atoms with Crippen LogP contribution in [0.1, 0.15) is 11.3 Å². The van der Waals surface area contributed by atoms with E-state index in [2.05, 4.69) is 4.98 Å². The van der Waals surface area contributed by atoms with Gasteiger partial charge in [-0.3, -0.25) is 9.78 Å². The Morgan fingerprint density at radius 1 is 1.11 bits per heavy atom. The summed E-state index contributed by atoms with van der Waals surface area (Å²) in [7, 11) is -3.62. The zero-order valence-corrected chi connectivity index (χ0v) is 16.8. The topological polar surface area (TPSA) is 94.4 Å². The number of nitriles is 1. The summed E-state index contributed by atoms with van der Waals surface area (Å²) in [6, 6.07) is 13.5. The molecular weight excluding hydrogens is 396 g/mol. The van der Waals surface area contributed by atoms with Gasteiger partial charge < -0.3 is 4.90 Å². The number of piperazine rings is 1. The summed E-state index contributed by atoms with van der Waals surface area (Å²) in [5.74, 6) is 1.02. The molecule has 1 amide bonds. The van der Waals surface area contributed by atoms with Crippen LogP contribution in [0.2, 0.25) is 0 Å². The van der Waals surface area contributed by atoms with Gasteiger partial charge in [-0.05, 0) is 36.4 Å². The highest BCUT2D eigenvalue weighted by molar-refractivity contribution is 7.99. The first-order chi connectivity index (χ1) is 13.5. The molecule has 0 spiro atoms. The number of hydrogen-bond donors (Lipinski definition) is 0. The summed E-state index contributed by atoms with van der Waals surface area (Å²) in [5.41, 5.74) is 1.34. The summed E-state index contributed by atoms with van der Waals surface area (Å²) in [5, 5.41) is 8.83. The highest BCUT2D eigenvalue weighted by atomic mass is 32.2. The number of carbonyl (C=O) groups is 1. The number of sulfonamides is 1. The van der Waals surface area contributed by atoms with Crippen molar-refractivity contribution in [2.75, 3.05) is 31.9 Å². The van der Waals surface area contributed by atoms with E-state index < -0.39 is 10.0 Å². The van der Waals surface area contributed by atoms with Gasteiger partial charge in [-0.1, -0.05) is 6.07 Å². The molecule has 0 unspecified atom stereocenters. The molecule has 9 heteroatoms. The van der Waals surface area contributed by atoms with Gasteiger partial charge in [-0.25, -0.2) is 8.42 Å². The lowest BCUT2D eigenvalue weighted by molar-refractivity contribution is -0.129. The standard InChI is InChI=1S/C19H20N4O3S2/c20-13-16-4-6-18(7-5-16)28(25,26)23-11-9-22(10-12-23)19(24)15-27-14-17-3-1-2-8-21-17/h1-8H,9-12,14-15H2. The molecule has 0 N–H and O–H groups in total. The Hall–Kier alpha value is -2.41. The zero-order chi connectivity index (χ0) is 20.0. The Bertz CT molecular complexity index is 949. The van der Waals surface area contributed by atoms with Crippen LogP contribution in [0.4, 0.5) is 0 Å². The van der Waals surface area contributed by atoms with Crippen molar-refractivity contribution in [3.05, 3.63) is 59.9 Å². The van der Waals surface area contributed by atoms with Gasteiger partial charge in [0, 0.05) is 38.1 Å². The summed E-state index contributed by atoms with van der Waals surface area (Å²) >= 11 is 1.50. The van der Waals surface area contributed by atoms with Gasteiger partial charge in [0.15, 0.2) is 0 Å². The molecule has 7 nitrogen and oxygen atoms in total. The van der Waals surface area contributed by atoms with Crippen molar-refractivity contribution in [2.24, 2.45) is 0 Å². The first-order valence-corrected chi connectivity index (χ1v) is 11.4. The number of hydrogen-bond acceptors (Lipinski definition) is 6. The molecule has 28 heavy (non-hydrogen) atoms. The fraction of sp³-hybridized carbons (Fsp3) is 0.316. The van der Waals surface area contributed by atoms with Gasteiger partial charge in [0.2, 0.25) is 15.9 Å². The van der Waals surface area contributed by atoms with Crippen LogP contribution in [0, 0.1) is 11.3 Å². The molecule has 146 valence electrons. The predicted octanol–water partition coefficient (Wildman–Crippen LogP) is 1.72. The molecular formula is C19H20N4O3S2. The molecule has 0 saturated carbocycles. The third-order valence-corrected chi connectivity index (χ3v) is 7.28. The second-order valence-corrected chi connectivity index (χ2v) is 9.16. The average Bonchev–Trinajstić information content (AvgIpc) is 2.74. The summed E-state index contributed by atoms with van der Waals surface area (Å²) in [4.78, 5) is 18.5. The maximum atomic E-state index is 12.7. The second kappa shape index (κ2) is 9.19. The van der Waals surface area contributed by atoms with Crippen molar-refractivity contribution in [1.29, 1.82) is 5.26 Å². The van der Waals surface area contributed by atoms with Crippen LogP contribution in [-0.4, -0.2) is 60.4 Å². The molecule has 2 heterocycles. The van der Waals surface area contributed by atoms with E-state index in [0.717, 1.165) is 5.69 Å². The number of rotatable bonds is 6. The van der Waals surface area contributed by atoms with Gasteiger partial charge >= 0.3 is 0 Å². The minimum atomic E-state index is -3.62. The molecule has 0 radical (unpaired) electrons. The first-order valence-electron chi connectivity index (χ1n) is 8.76. The monoisotopic (exact) mass is 416 g/mol. The van der Waals surface area contributed by atoms with Gasteiger partial charge in [-0.15, -0.1) is 11.8 Å². The van der Waals surface area contributed by atoms with E-state index >= 15 is 0 Å². The van der Waals surface area contributed by atoms with Crippen LogP contribution in [0.5, 0.6) is 0 Å². The normalized spacial score (nSPS) is 15.2. The maximum absolute atomic E-state index is 12.7. The number of carbonyl (C=O) groups excluding carboxylic acids is 1. The molecule has 0 atom stereocenters. The molecule has 1 fully saturated rings. The van der Waals surface area contributed by atoms with E-state index in [1.807, 2.05) is 24.3 Å². The third kappa shape index (κ3) is 4.90. The third-order valence-electron chi connectivity index (χ3n) is 4.41. The lowest BCUT2D eigenvalue weighted by atomic mass is 10.2. The fourth-order valence-electron chi connectivity index (χ4n) is 2.85. The van der Waals surface area contributed by atoms with Crippen LogP contribution in [0.25, 0.3) is 0 Å².